The number of hydrogen-bond acceptors (Lipinski definition) is 4. The number of carbonyl (C=O) groups excluding carboxylic acids is 2. The number of allylic oxidation sites excluding steroid dienone is 1. The van der Waals surface area contributed by atoms with Gasteiger partial charge in [-0.1, -0.05) is 57.6 Å². The van der Waals surface area contributed by atoms with E-state index in [0.29, 0.717) is 12.8 Å². The number of aliphatic hydroxyl groups excluding tert-OH is 1. The molecule has 1 fully saturated rings. The zero-order chi connectivity index (χ0) is 18.5. The molecule has 25 heavy (non-hydrogen) atoms. The molecule has 0 spiro atoms. The van der Waals surface area contributed by atoms with Crippen molar-refractivity contribution in [1.82, 2.24) is 0 Å². The molecule has 1 N–H and O–H groups in total. The van der Waals surface area contributed by atoms with Gasteiger partial charge in [0.2, 0.25) is 0 Å². The van der Waals surface area contributed by atoms with Crippen LogP contribution in [0.25, 0.3) is 0 Å². The number of esters is 1. The highest BCUT2D eigenvalue weighted by Gasteiger charge is 2.39. The fourth-order valence-corrected chi connectivity index (χ4v) is 3.62. The number of ether oxygens (including phenoxy) is 1. The lowest BCUT2D eigenvalue weighted by atomic mass is 9.88. The normalized spacial score (nSPS) is 23.5. The third-order valence-corrected chi connectivity index (χ3v) is 5.19. The minimum atomic E-state index is -0.510. The summed E-state index contributed by atoms with van der Waals surface area (Å²) >= 11 is 0. The molecular weight excluding hydrogens is 316 g/mol. The summed E-state index contributed by atoms with van der Waals surface area (Å²) < 4.78 is 4.63. The highest BCUT2D eigenvalue weighted by atomic mass is 16.5. The molecule has 0 aromatic carbocycles. The molecule has 0 heterocycles. The van der Waals surface area contributed by atoms with Crippen LogP contribution < -0.4 is 0 Å². The molecular formula is C21H36O4. The van der Waals surface area contributed by atoms with Crippen LogP contribution in [-0.2, 0) is 14.3 Å². The van der Waals surface area contributed by atoms with E-state index in [1.807, 2.05) is 0 Å². The summed E-state index contributed by atoms with van der Waals surface area (Å²) in [7, 11) is 1.41. The first kappa shape index (κ1) is 21.9. The van der Waals surface area contributed by atoms with E-state index in [9.17, 15) is 14.7 Å². The predicted octanol–water partition coefficient (Wildman–Crippen LogP) is 4.59. The van der Waals surface area contributed by atoms with E-state index >= 15 is 0 Å². The van der Waals surface area contributed by atoms with Crippen LogP contribution in [0.2, 0.25) is 0 Å². The van der Waals surface area contributed by atoms with Crippen LogP contribution in [0.15, 0.2) is 12.2 Å². The van der Waals surface area contributed by atoms with Crippen molar-refractivity contribution in [3.63, 3.8) is 0 Å². The Hall–Kier alpha value is -1.16. The van der Waals surface area contributed by atoms with Crippen LogP contribution >= 0.6 is 0 Å². The molecule has 0 aromatic rings. The van der Waals surface area contributed by atoms with E-state index in [-0.39, 0.29) is 23.6 Å². The van der Waals surface area contributed by atoms with Gasteiger partial charge in [-0.05, 0) is 25.7 Å². The largest absolute Gasteiger partial charge is 0.469 e. The number of Topliss-reactive ketones (excluding diaryl/α,β-unsaturated/α-hetero) is 1. The van der Waals surface area contributed by atoms with Crippen molar-refractivity contribution >= 4 is 11.8 Å². The number of aliphatic hydroxyl groups is 1. The number of methoxy groups -OCH3 is 1. The second-order valence-corrected chi connectivity index (χ2v) is 7.23. The number of rotatable bonds is 13. The summed E-state index contributed by atoms with van der Waals surface area (Å²) in [6.07, 6.45) is 15.2. The van der Waals surface area contributed by atoms with Crippen LogP contribution in [-0.4, -0.2) is 30.1 Å². The third kappa shape index (κ3) is 8.66. The topological polar surface area (TPSA) is 63.6 Å². The summed E-state index contributed by atoms with van der Waals surface area (Å²) in [5, 5.41) is 10.2. The second-order valence-electron chi connectivity index (χ2n) is 7.23. The molecule has 0 saturated heterocycles. The van der Waals surface area contributed by atoms with Crippen LogP contribution in [0.5, 0.6) is 0 Å². The van der Waals surface area contributed by atoms with E-state index in [1.54, 1.807) is 0 Å². The van der Waals surface area contributed by atoms with Crippen molar-refractivity contribution in [2.75, 3.05) is 7.11 Å². The van der Waals surface area contributed by atoms with Gasteiger partial charge < -0.3 is 9.84 Å². The van der Waals surface area contributed by atoms with Gasteiger partial charge >= 0.3 is 5.97 Å². The first-order chi connectivity index (χ1) is 12.1. The second kappa shape index (κ2) is 13.1. The number of carbonyl (C=O) groups is 2. The summed E-state index contributed by atoms with van der Waals surface area (Å²) in [5.74, 6) is 0.0252. The molecule has 0 amide bonds. The Morgan fingerprint density at radius 2 is 1.88 bits per heavy atom. The molecule has 0 aromatic heterocycles. The van der Waals surface area contributed by atoms with E-state index in [0.717, 1.165) is 38.5 Å². The Bertz CT molecular complexity index is 416. The quantitative estimate of drug-likeness (QED) is 0.299. The minimum absolute atomic E-state index is 0.00579. The standard InChI is InChI=1S/C21H36O4/c1-3-4-5-6-7-10-13-17-18(20(23)16-19(17)22)14-11-8-9-12-15-21(24)25-2/h10,13,17-19,22H,3-9,11-12,14-16H2,1-2H3/t17-,18-,19-/m1/s1. The lowest BCUT2D eigenvalue weighted by molar-refractivity contribution is -0.140. The maximum atomic E-state index is 12.2. The maximum Gasteiger partial charge on any atom is 0.305 e. The Morgan fingerprint density at radius 3 is 2.60 bits per heavy atom. The SMILES string of the molecule is CCCCCCC=C[C@H]1[C@H](O)CC(=O)[C@@H]1CCCCCCC(=O)OC. The van der Waals surface area contributed by atoms with Crippen LogP contribution in [0.1, 0.15) is 84.0 Å². The van der Waals surface area contributed by atoms with Crippen molar-refractivity contribution in [2.24, 2.45) is 11.8 Å². The molecule has 4 nitrogen and oxygen atoms in total. The van der Waals surface area contributed by atoms with Gasteiger partial charge in [-0.25, -0.2) is 0 Å². The van der Waals surface area contributed by atoms with E-state index in [2.05, 4.69) is 23.8 Å². The molecule has 0 unspecified atom stereocenters. The highest BCUT2D eigenvalue weighted by Crippen LogP contribution is 2.34. The first-order valence-electron chi connectivity index (χ1n) is 10.0. The average Bonchev–Trinajstić information content (AvgIpc) is 2.87. The van der Waals surface area contributed by atoms with Crippen LogP contribution in [0, 0.1) is 11.8 Å². The summed E-state index contributed by atoms with van der Waals surface area (Å²) in [6.45, 7) is 2.20. The first-order valence-corrected chi connectivity index (χ1v) is 10.0. The van der Waals surface area contributed by atoms with Crippen molar-refractivity contribution in [3.05, 3.63) is 12.2 Å². The van der Waals surface area contributed by atoms with Gasteiger partial charge in [0, 0.05) is 24.7 Å². The molecule has 1 rings (SSSR count). The highest BCUT2D eigenvalue weighted by molar-refractivity contribution is 5.84. The van der Waals surface area contributed by atoms with Crippen LogP contribution in [0.3, 0.4) is 0 Å². The van der Waals surface area contributed by atoms with Crippen LogP contribution in [0.4, 0.5) is 0 Å². The summed E-state index contributed by atoms with van der Waals surface area (Å²) in [4.78, 5) is 23.2. The van der Waals surface area contributed by atoms with Crippen molar-refractivity contribution in [2.45, 2.75) is 90.1 Å². The Labute approximate surface area is 153 Å². The molecule has 1 aliphatic rings. The Morgan fingerprint density at radius 1 is 1.16 bits per heavy atom. The number of hydrogen-bond donors (Lipinski definition) is 1. The molecule has 144 valence electrons. The van der Waals surface area contributed by atoms with Gasteiger partial charge in [0.1, 0.15) is 5.78 Å². The molecule has 0 bridgehead atoms. The van der Waals surface area contributed by atoms with Gasteiger partial charge in [-0.15, -0.1) is 0 Å². The van der Waals surface area contributed by atoms with E-state index in [4.69, 9.17) is 0 Å². The van der Waals surface area contributed by atoms with E-state index in [1.165, 1.54) is 32.8 Å². The van der Waals surface area contributed by atoms with Gasteiger partial charge in [-0.3, -0.25) is 9.59 Å². The predicted molar refractivity (Wildman–Crippen MR) is 100 cm³/mol. The van der Waals surface area contributed by atoms with Crippen molar-refractivity contribution in [1.29, 1.82) is 0 Å². The molecule has 1 saturated carbocycles. The van der Waals surface area contributed by atoms with Gasteiger partial charge in [0.25, 0.3) is 0 Å². The summed E-state index contributed by atoms with van der Waals surface area (Å²) in [6, 6.07) is 0. The van der Waals surface area contributed by atoms with Gasteiger partial charge in [0.05, 0.1) is 13.2 Å². The molecule has 1 aliphatic carbocycles. The van der Waals surface area contributed by atoms with Crippen molar-refractivity contribution in [3.8, 4) is 0 Å². The number of unbranched alkanes of at least 4 members (excludes halogenated alkanes) is 7. The van der Waals surface area contributed by atoms with Gasteiger partial charge in [0.15, 0.2) is 0 Å². The van der Waals surface area contributed by atoms with Crippen molar-refractivity contribution < 1.29 is 19.4 Å². The fraction of sp³-hybridized carbons (Fsp3) is 0.810. The lowest BCUT2D eigenvalue weighted by Crippen LogP contribution is -2.18. The lowest BCUT2D eigenvalue weighted by Gasteiger charge is -2.17. The zero-order valence-corrected chi connectivity index (χ0v) is 16.0. The number of ketones is 1. The fourth-order valence-electron chi connectivity index (χ4n) is 3.62. The third-order valence-electron chi connectivity index (χ3n) is 5.19. The smallest absolute Gasteiger partial charge is 0.305 e. The maximum absolute atomic E-state index is 12.2. The van der Waals surface area contributed by atoms with E-state index < -0.39 is 6.10 Å². The molecule has 3 atom stereocenters. The van der Waals surface area contributed by atoms with Gasteiger partial charge in [-0.2, -0.15) is 0 Å². The molecule has 4 heteroatoms. The average molecular weight is 353 g/mol. The zero-order valence-electron chi connectivity index (χ0n) is 16.0. The monoisotopic (exact) mass is 352 g/mol. The minimum Gasteiger partial charge on any atom is -0.469 e. The molecule has 0 radical (unpaired) electrons. The molecule has 0 aliphatic heterocycles. The summed E-state index contributed by atoms with van der Waals surface area (Å²) in [5.41, 5.74) is 0. The Balaban J connectivity index is 2.28. The Kier molecular flexibility index (Phi) is 11.5.